The second-order valence-corrected chi connectivity index (χ2v) is 3.23. The van der Waals surface area contributed by atoms with Gasteiger partial charge in [0.1, 0.15) is 0 Å². The molecule has 1 heterocycles. The fraction of sp³-hybridized carbons (Fsp3) is 0. The number of urea groups is 1. The predicted octanol–water partition coefficient (Wildman–Crippen LogP) is 1.36. The quantitative estimate of drug-likeness (QED) is 0.603. The first-order chi connectivity index (χ1) is 8.25. The molecule has 0 fully saturated rings. The molecule has 1 aromatic heterocycles. The highest BCUT2D eigenvalue weighted by Crippen LogP contribution is 2.05. The summed E-state index contributed by atoms with van der Waals surface area (Å²) < 4.78 is 0. The highest BCUT2D eigenvalue weighted by molar-refractivity contribution is 5.98. The monoisotopic (exact) mass is 230 g/mol. The highest BCUT2D eigenvalue weighted by atomic mass is 16.5. The Bertz CT molecular complexity index is 516. The largest absolute Gasteiger partial charge is 0.691 e. The van der Waals surface area contributed by atoms with Gasteiger partial charge in [0.25, 0.3) is 0 Å². The Balaban J connectivity index is 2.01. The third-order valence-electron chi connectivity index (χ3n) is 1.99. The maximum Gasteiger partial charge on any atom is 0.411 e. The van der Waals surface area contributed by atoms with Crippen LogP contribution in [0.15, 0.2) is 48.7 Å². The molecule has 2 amide bonds. The van der Waals surface area contributed by atoms with E-state index in [2.05, 4.69) is 15.7 Å². The molecular weight excluding hydrogens is 220 g/mol. The lowest BCUT2D eigenvalue weighted by Crippen LogP contribution is -2.37. The molecule has 0 aliphatic carbocycles. The minimum absolute atomic E-state index is 0.0703. The molecule has 0 saturated carbocycles. The van der Waals surface area contributed by atoms with Crippen molar-refractivity contribution in [1.29, 1.82) is 0 Å². The van der Waals surface area contributed by atoms with Crippen molar-refractivity contribution >= 4 is 17.5 Å². The maximum absolute atomic E-state index is 11.5. The van der Waals surface area contributed by atoms with Crippen LogP contribution < -0.4 is 15.5 Å². The van der Waals surface area contributed by atoms with Gasteiger partial charge in [-0.1, -0.05) is 23.3 Å². The second kappa shape index (κ2) is 4.93. The van der Waals surface area contributed by atoms with Crippen molar-refractivity contribution in [2.75, 3.05) is 10.6 Å². The molecule has 17 heavy (non-hydrogen) atoms. The van der Waals surface area contributed by atoms with Gasteiger partial charge in [0, 0.05) is 11.8 Å². The van der Waals surface area contributed by atoms with Crippen molar-refractivity contribution in [3.05, 3.63) is 53.9 Å². The number of hydrogen-bond donors (Lipinski definition) is 2. The number of amides is 2. The summed E-state index contributed by atoms with van der Waals surface area (Å²) in [5.74, 6) is 0.0703. The molecule has 0 aliphatic rings. The third kappa shape index (κ3) is 2.91. The van der Waals surface area contributed by atoms with Gasteiger partial charge in [-0.05, 0) is 18.2 Å². The minimum atomic E-state index is -0.492. The van der Waals surface area contributed by atoms with Gasteiger partial charge in [0.05, 0.1) is 6.20 Å². The normalized spacial score (nSPS) is 9.65. The molecule has 1 aromatic carbocycles. The van der Waals surface area contributed by atoms with Crippen LogP contribution in [0.5, 0.6) is 0 Å². The Morgan fingerprint density at radius 1 is 1.12 bits per heavy atom. The maximum atomic E-state index is 11.5. The molecule has 0 spiro atoms. The molecule has 86 valence electrons. The summed E-state index contributed by atoms with van der Waals surface area (Å²) in [5, 5.41) is 19.6. The standard InChI is InChI=1S/C11H10N4O2/c16-11(13-9-5-2-1-3-6-9)14-10-7-4-8-12-15(10)17/h1-8H,(H2,13,14,16). The first kappa shape index (κ1) is 10.9. The highest BCUT2D eigenvalue weighted by Gasteiger charge is 2.10. The molecule has 0 bridgehead atoms. The van der Waals surface area contributed by atoms with E-state index in [0.717, 1.165) is 0 Å². The minimum Gasteiger partial charge on any atom is -0.691 e. The average molecular weight is 230 g/mol. The van der Waals surface area contributed by atoms with E-state index in [0.29, 0.717) is 10.5 Å². The van der Waals surface area contributed by atoms with Crippen LogP contribution >= 0.6 is 0 Å². The lowest BCUT2D eigenvalue weighted by molar-refractivity contribution is -0.654. The number of nitrogens with zero attached hydrogens (tertiary/aromatic N) is 2. The number of para-hydroxylation sites is 1. The van der Waals surface area contributed by atoms with Gasteiger partial charge < -0.3 is 5.21 Å². The van der Waals surface area contributed by atoms with Crippen LogP contribution in [-0.4, -0.2) is 11.1 Å². The molecule has 0 aliphatic heterocycles. The Kier molecular flexibility index (Phi) is 3.15. The number of carbonyl (C=O) groups is 1. The Morgan fingerprint density at radius 3 is 2.59 bits per heavy atom. The van der Waals surface area contributed by atoms with Crippen LogP contribution in [0.2, 0.25) is 0 Å². The van der Waals surface area contributed by atoms with Crippen LogP contribution in [0, 0.1) is 5.21 Å². The summed E-state index contributed by atoms with van der Waals surface area (Å²) in [7, 11) is 0. The van der Waals surface area contributed by atoms with E-state index in [9.17, 15) is 10.0 Å². The average Bonchev–Trinajstić information content (AvgIpc) is 2.33. The summed E-state index contributed by atoms with van der Waals surface area (Å²) in [4.78, 5) is 11.9. The van der Waals surface area contributed by atoms with Crippen molar-refractivity contribution in [3.63, 3.8) is 0 Å². The van der Waals surface area contributed by atoms with Crippen molar-refractivity contribution in [2.45, 2.75) is 0 Å². The predicted molar refractivity (Wildman–Crippen MR) is 62.3 cm³/mol. The fourth-order valence-corrected chi connectivity index (χ4v) is 1.25. The van der Waals surface area contributed by atoms with Crippen molar-refractivity contribution in [3.8, 4) is 0 Å². The van der Waals surface area contributed by atoms with Crippen LogP contribution in [0.3, 0.4) is 0 Å². The first-order valence-electron chi connectivity index (χ1n) is 4.93. The first-order valence-corrected chi connectivity index (χ1v) is 4.93. The number of nitrogens with one attached hydrogen (secondary N) is 2. The van der Waals surface area contributed by atoms with Gasteiger partial charge in [0.15, 0.2) is 0 Å². The molecule has 0 unspecified atom stereocenters. The van der Waals surface area contributed by atoms with Crippen LogP contribution in [0.25, 0.3) is 0 Å². The summed E-state index contributed by atoms with van der Waals surface area (Å²) in [6.45, 7) is 0. The van der Waals surface area contributed by atoms with E-state index in [4.69, 9.17) is 0 Å². The molecule has 6 heteroatoms. The van der Waals surface area contributed by atoms with Gasteiger partial charge in [0.2, 0.25) is 0 Å². The molecule has 0 radical (unpaired) electrons. The molecular formula is C11H10N4O2. The number of rotatable bonds is 2. The molecule has 2 aromatic rings. The number of aromatic nitrogens is 2. The van der Waals surface area contributed by atoms with Gasteiger partial charge in [-0.25, -0.2) is 4.79 Å². The molecule has 0 atom stereocenters. The molecule has 2 rings (SSSR count). The lowest BCUT2D eigenvalue weighted by atomic mass is 10.3. The van der Waals surface area contributed by atoms with Crippen molar-refractivity contribution < 1.29 is 9.64 Å². The van der Waals surface area contributed by atoms with Crippen LogP contribution in [-0.2, 0) is 0 Å². The number of benzene rings is 1. The summed E-state index contributed by atoms with van der Waals surface area (Å²) in [6.07, 6.45) is 1.34. The smallest absolute Gasteiger partial charge is 0.411 e. The van der Waals surface area contributed by atoms with Crippen LogP contribution in [0.1, 0.15) is 0 Å². The van der Waals surface area contributed by atoms with E-state index in [1.165, 1.54) is 12.3 Å². The Morgan fingerprint density at radius 2 is 1.88 bits per heavy atom. The second-order valence-electron chi connectivity index (χ2n) is 3.23. The summed E-state index contributed by atoms with van der Waals surface area (Å²) in [5.41, 5.74) is 0.645. The fourth-order valence-electron chi connectivity index (χ4n) is 1.25. The Labute approximate surface area is 97.5 Å². The van der Waals surface area contributed by atoms with E-state index in [-0.39, 0.29) is 5.82 Å². The summed E-state index contributed by atoms with van der Waals surface area (Å²) in [6, 6.07) is 11.5. The number of anilines is 2. The zero-order valence-electron chi connectivity index (χ0n) is 8.83. The van der Waals surface area contributed by atoms with Gasteiger partial charge in [-0.15, -0.1) is 4.85 Å². The van der Waals surface area contributed by atoms with E-state index in [1.807, 2.05) is 6.07 Å². The van der Waals surface area contributed by atoms with Gasteiger partial charge >= 0.3 is 11.8 Å². The van der Waals surface area contributed by atoms with Gasteiger partial charge in [-0.3, -0.25) is 5.32 Å². The van der Waals surface area contributed by atoms with E-state index < -0.39 is 6.03 Å². The zero-order chi connectivity index (χ0) is 12.1. The molecule has 6 nitrogen and oxygen atoms in total. The van der Waals surface area contributed by atoms with Crippen molar-refractivity contribution in [2.24, 2.45) is 0 Å². The SMILES string of the molecule is O=C(Nc1ccccc1)Nc1cccn[n+]1[O-]. The molecule has 2 N–H and O–H groups in total. The zero-order valence-corrected chi connectivity index (χ0v) is 8.83. The number of hydrogen-bond acceptors (Lipinski definition) is 3. The molecule has 0 saturated heterocycles. The van der Waals surface area contributed by atoms with Crippen molar-refractivity contribution in [1.82, 2.24) is 5.10 Å². The van der Waals surface area contributed by atoms with Crippen LogP contribution in [0.4, 0.5) is 16.3 Å². The Hall–Kier alpha value is -2.63. The summed E-state index contributed by atoms with van der Waals surface area (Å²) >= 11 is 0. The van der Waals surface area contributed by atoms with E-state index >= 15 is 0 Å². The lowest BCUT2D eigenvalue weighted by Gasteiger charge is -2.05. The van der Waals surface area contributed by atoms with E-state index in [1.54, 1.807) is 30.3 Å². The topological polar surface area (TPSA) is 81.0 Å². The van der Waals surface area contributed by atoms with Gasteiger partial charge in [-0.2, -0.15) is 5.32 Å². The number of carbonyl (C=O) groups excluding carboxylic acids is 1. The third-order valence-corrected chi connectivity index (χ3v) is 1.99.